The van der Waals surface area contributed by atoms with Crippen LogP contribution in [0, 0.1) is 5.82 Å². The maximum Gasteiger partial charge on any atom is 0.280 e. The van der Waals surface area contributed by atoms with Crippen LogP contribution in [-0.4, -0.2) is 20.9 Å². The summed E-state index contributed by atoms with van der Waals surface area (Å²) in [6.07, 6.45) is 0. The average Bonchev–Trinajstić information content (AvgIpc) is 3.10. The van der Waals surface area contributed by atoms with E-state index in [1.807, 2.05) is 30.3 Å². The lowest BCUT2D eigenvalue weighted by atomic mass is 10.2. The molecule has 8 heteroatoms. The van der Waals surface area contributed by atoms with Gasteiger partial charge in [0.25, 0.3) is 5.91 Å². The highest BCUT2D eigenvalue weighted by atomic mass is 19.1. The molecule has 3 aromatic carbocycles. The van der Waals surface area contributed by atoms with Crippen LogP contribution in [0.3, 0.4) is 0 Å². The van der Waals surface area contributed by atoms with Crippen molar-refractivity contribution in [1.82, 2.24) is 15.0 Å². The molecule has 4 rings (SSSR count). The van der Waals surface area contributed by atoms with Crippen LogP contribution in [0.1, 0.15) is 16.1 Å². The Morgan fingerprint density at radius 2 is 1.73 bits per heavy atom. The monoisotopic (exact) mass is 403 g/mol. The smallest absolute Gasteiger partial charge is 0.280 e. The van der Waals surface area contributed by atoms with E-state index < -0.39 is 5.91 Å². The van der Waals surface area contributed by atoms with Crippen LogP contribution >= 0.6 is 0 Å². The van der Waals surface area contributed by atoms with Gasteiger partial charge in [0.1, 0.15) is 17.3 Å². The number of carbonyl (C=O) groups is 1. The third kappa shape index (κ3) is 4.44. The molecule has 1 heterocycles. The van der Waals surface area contributed by atoms with Gasteiger partial charge in [-0.15, -0.1) is 5.10 Å². The van der Waals surface area contributed by atoms with Crippen molar-refractivity contribution in [3.63, 3.8) is 0 Å². The molecule has 7 nitrogen and oxygen atoms in total. The molecule has 0 saturated carbocycles. The number of amides is 1. The van der Waals surface area contributed by atoms with Crippen molar-refractivity contribution in [3.05, 3.63) is 95.9 Å². The first-order chi connectivity index (χ1) is 14.6. The topological polar surface area (TPSA) is 95.1 Å². The van der Waals surface area contributed by atoms with Gasteiger partial charge in [-0.1, -0.05) is 35.5 Å². The predicted octanol–water partition coefficient (Wildman–Crippen LogP) is 4.09. The molecule has 0 atom stereocenters. The Morgan fingerprint density at radius 1 is 1.00 bits per heavy atom. The molecular formula is C22H18FN5O2. The number of rotatable bonds is 6. The van der Waals surface area contributed by atoms with Gasteiger partial charge in [-0.25, -0.2) is 9.07 Å². The number of nitrogens with two attached hydrogens (primary N) is 1. The average molecular weight is 403 g/mol. The number of halogens is 1. The molecule has 30 heavy (non-hydrogen) atoms. The molecule has 0 aliphatic rings. The van der Waals surface area contributed by atoms with Crippen LogP contribution in [-0.2, 0) is 6.54 Å². The van der Waals surface area contributed by atoms with Gasteiger partial charge in [-0.2, -0.15) is 0 Å². The lowest BCUT2D eigenvalue weighted by Gasteiger charge is -2.08. The van der Waals surface area contributed by atoms with Crippen molar-refractivity contribution in [2.75, 3.05) is 11.1 Å². The summed E-state index contributed by atoms with van der Waals surface area (Å²) in [6.45, 7) is 0.204. The standard InChI is InChI=1S/C22H18FN5O2/c23-16-6-4-5-15(13-16)14-28-21(24)20(26-27-28)22(29)25-17-9-11-19(12-10-17)30-18-7-2-1-3-8-18/h1-13H,14,24H2,(H,25,29). The molecule has 0 aliphatic heterocycles. The lowest BCUT2D eigenvalue weighted by Crippen LogP contribution is -2.15. The predicted molar refractivity (Wildman–Crippen MR) is 111 cm³/mol. The van der Waals surface area contributed by atoms with Crippen molar-refractivity contribution < 1.29 is 13.9 Å². The van der Waals surface area contributed by atoms with Crippen LogP contribution in [0.25, 0.3) is 0 Å². The number of nitrogens with one attached hydrogen (secondary N) is 1. The Kier molecular flexibility index (Phi) is 5.38. The van der Waals surface area contributed by atoms with Gasteiger partial charge in [0, 0.05) is 5.69 Å². The highest BCUT2D eigenvalue weighted by Crippen LogP contribution is 2.23. The first-order valence-corrected chi connectivity index (χ1v) is 9.16. The summed E-state index contributed by atoms with van der Waals surface area (Å²) in [5.74, 6) is 0.607. The van der Waals surface area contributed by atoms with Crippen LogP contribution in [0.2, 0.25) is 0 Å². The van der Waals surface area contributed by atoms with Gasteiger partial charge in [0.2, 0.25) is 0 Å². The first-order valence-electron chi connectivity index (χ1n) is 9.16. The van der Waals surface area contributed by atoms with Crippen LogP contribution < -0.4 is 15.8 Å². The Labute approximate surface area is 171 Å². The van der Waals surface area contributed by atoms with Crippen molar-refractivity contribution >= 4 is 17.4 Å². The van der Waals surface area contributed by atoms with E-state index in [2.05, 4.69) is 15.6 Å². The third-order valence-electron chi connectivity index (χ3n) is 4.30. The number of para-hydroxylation sites is 1. The second kappa shape index (κ2) is 8.44. The molecule has 0 bridgehead atoms. The van der Waals surface area contributed by atoms with E-state index in [1.165, 1.54) is 16.8 Å². The largest absolute Gasteiger partial charge is 0.457 e. The minimum atomic E-state index is -0.491. The molecule has 0 radical (unpaired) electrons. The van der Waals surface area contributed by atoms with Crippen molar-refractivity contribution in [2.24, 2.45) is 0 Å². The van der Waals surface area contributed by atoms with Gasteiger partial charge >= 0.3 is 0 Å². The van der Waals surface area contributed by atoms with Crippen molar-refractivity contribution in [1.29, 1.82) is 0 Å². The van der Waals surface area contributed by atoms with E-state index in [9.17, 15) is 9.18 Å². The maximum atomic E-state index is 13.3. The Bertz CT molecular complexity index is 1160. The molecule has 1 aromatic heterocycles. The highest BCUT2D eigenvalue weighted by molar-refractivity contribution is 6.05. The van der Waals surface area contributed by atoms with Crippen LogP contribution in [0.5, 0.6) is 11.5 Å². The SMILES string of the molecule is Nc1c(C(=O)Nc2ccc(Oc3ccccc3)cc2)nnn1Cc1cccc(F)c1. The number of carbonyl (C=O) groups excluding carboxylic acids is 1. The van der Waals surface area contributed by atoms with Crippen molar-refractivity contribution in [3.8, 4) is 11.5 Å². The number of nitrogen functional groups attached to an aromatic ring is 1. The van der Waals surface area contributed by atoms with Gasteiger partial charge in [0.15, 0.2) is 11.5 Å². The zero-order valence-electron chi connectivity index (χ0n) is 15.8. The number of hydrogen-bond donors (Lipinski definition) is 2. The normalized spacial score (nSPS) is 10.6. The number of hydrogen-bond acceptors (Lipinski definition) is 5. The summed E-state index contributed by atoms with van der Waals surface area (Å²) >= 11 is 0. The van der Waals surface area contributed by atoms with E-state index in [1.54, 1.807) is 36.4 Å². The maximum absolute atomic E-state index is 13.3. The summed E-state index contributed by atoms with van der Waals surface area (Å²) in [7, 11) is 0. The lowest BCUT2D eigenvalue weighted by molar-refractivity contribution is 0.102. The molecule has 0 unspecified atom stereocenters. The second-order valence-electron chi connectivity index (χ2n) is 6.50. The fraction of sp³-hybridized carbons (Fsp3) is 0.0455. The highest BCUT2D eigenvalue weighted by Gasteiger charge is 2.18. The molecule has 1 amide bonds. The molecule has 0 saturated heterocycles. The fourth-order valence-electron chi connectivity index (χ4n) is 2.83. The van der Waals surface area contributed by atoms with E-state index in [0.717, 1.165) is 5.75 Å². The Balaban J connectivity index is 1.42. The van der Waals surface area contributed by atoms with Crippen LogP contribution in [0.4, 0.5) is 15.9 Å². The zero-order chi connectivity index (χ0) is 20.9. The fourth-order valence-corrected chi connectivity index (χ4v) is 2.83. The van der Waals surface area contributed by atoms with Gasteiger partial charge < -0.3 is 15.8 Å². The van der Waals surface area contributed by atoms with Gasteiger partial charge in [-0.3, -0.25) is 4.79 Å². The summed E-state index contributed by atoms with van der Waals surface area (Å²) in [6, 6.07) is 22.4. The summed E-state index contributed by atoms with van der Waals surface area (Å²) < 4.78 is 20.4. The summed E-state index contributed by atoms with van der Waals surface area (Å²) in [5, 5.41) is 10.5. The van der Waals surface area contributed by atoms with Crippen molar-refractivity contribution in [2.45, 2.75) is 6.54 Å². The number of benzene rings is 3. The number of ether oxygens (including phenoxy) is 1. The minimum Gasteiger partial charge on any atom is -0.457 e. The number of nitrogens with zero attached hydrogens (tertiary/aromatic N) is 3. The molecule has 4 aromatic rings. The third-order valence-corrected chi connectivity index (χ3v) is 4.30. The molecule has 3 N–H and O–H groups in total. The molecule has 0 spiro atoms. The first kappa shape index (κ1) is 19.1. The summed E-state index contributed by atoms with van der Waals surface area (Å²) in [4.78, 5) is 12.5. The molecule has 0 aliphatic carbocycles. The van der Waals surface area contributed by atoms with Crippen LogP contribution in [0.15, 0.2) is 78.9 Å². The number of anilines is 2. The zero-order valence-corrected chi connectivity index (χ0v) is 15.8. The molecule has 0 fully saturated rings. The number of aromatic nitrogens is 3. The van der Waals surface area contributed by atoms with E-state index in [0.29, 0.717) is 17.0 Å². The Hall–Kier alpha value is -4.20. The Morgan fingerprint density at radius 3 is 2.47 bits per heavy atom. The summed E-state index contributed by atoms with van der Waals surface area (Å²) in [5.41, 5.74) is 7.23. The second-order valence-corrected chi connectivity index (χ2v) is 6.50. The van der Waals surface area contributed by atoms with E-state index >= 15 is 0 Å². The minimum absolute atomic E-state index is 0.00369. The molecular weight excluding hydrogens is 385 g/mol. The van der Waals surface area contributed by atoms with E-state index in [-0.39, 0.29) is 23.9 Å². The molecule has 150 valence electrons. The van der Waals surface area contributed by atoms with E-state index in [4.69, 9.17) is 10.5 Å². The van der Waals surface area contributed by atoms with Gasteiger partial charge in [-0.05, 0) is 54.1 Å². The van der Waals surface area contributed by atoms with Gasteiger partial charge in [0.05, 0.1) is 6.54 Å². The quantitative estimate of drug-likeness (QED) is 0.506.